The Kier molecular flexibility index (Phi) is 3.83. The molecule has 0 aliphatic carbocycles. The second-order valence-corrected chi connectivity index (χ2v) is 5.57. The molecule has 2 heterocycles. The third kappa shape index (κ3) is 2.61. The number of hydrogen-bond acceptors (Lipinski definition) is 3. The predicted octanol–water partition coefficient (Wildman–Crippen LogP) is 2.22. The van der Waals surface area contributed by atoms with E-state index in [9.17, 15) is 4.79 Å². The lowest BCUT2D eigenvalue weighted by molar-refractivity contribution is -0.120. The lowest BCUT2D eigenvalue weighted by atomic mass is 10.0. The second-order valence-electron chi connectivity index (χ2n) is 5.57. The van der Waals surface area contributed by atoms with Crippen LogP contribution in [-0.2, 0) is 18.3 Å². The van der Waals surface area contributed by atoms with E-state index in [1.165, 1.54) is 12.8 Å². The molecule has 0 radical (unpaired) electrons. The Balaban J connectivity index is 1.78. The molecule has 3 rings (SSSR count). The molecule has 106 valence electrons. The third-order valence-corrected chi connectivity index (χ3v) is 4.16. The molecule has 0 saturated carbocycles. The Hall–Kier alpha value is -1.68. The molecular weight excluding hydrogens is 250 g/mol. The number of carbonyl (C=O) groups excluding carboxylic acids is 1. The molecule has 1 aromatic carbocycles. The van der Waals surface area contributed by atoms with Crippen LogP contribution < -0.4 is 5.32 Å². The van der Waals surface area contributed by atoms with Crippen molar-refractivity contribution in [1.82, 2.24) is 14.9 Å². The van der Waals surface area contributed by atoms with E-state index in [0.717, 1.165) is 36.2 Å². The van der Waals surface area contributed by atoms with E-state index < -0.39 is 0 Å². The first-order chi connectivity index (χ1) is 9.75. The number of imidazole rings is 1. The Labute approximate surface area is 119 Å². The quantitative estimate of drug-likeness (QED) is 0.931. The number of ketones is 1. The summed E-state index contributed by atoms with van der Waals surface area (Å²) in [6.45, 7) is 0.957. The average molecular weight is 271 g/mol. The van der Waals surface area contributed by atoms with Crippen molar-refractivity contribution in [2.45, 2.75) is 38.1 Å². The molecule has 0 spiro atoms. The normalized spacial score (nSPS) is 19.9. The van der Waals surface area contributed by atoms with Crippen molar-refractivity contribution >= 4 is 16.8 Å². The molecule has 0 bridgehead atoms. The fraction of sp³-hybridized carbons (Fsp3) is 0.500. The molecule has 1 aromatic heterocycles. The van der Waals surface area contributed by atoms with Gasteiger partial charge in [-0.25, -0.2) is 4.98 Å². The lowest BCUT2D eigenvalue weighted by Crippen LogP contribution is -2.37. The Morgan fingerprint density at radius 3 is 3.05 bits per heavy atom. The molecule has 0 amide bonds. The summed E-state index contributed by atoms with van der Waals surface area (Å²) < 4.78 is 2.03. The minimum absolute atomic E-state index is 0.0114. The Morgan fingerprint density at radius 2 is 2.20 bits per heavy atom. The maximum atomic E-state index is 12.4. The highest BCUT2D eigenvalue weighted by atomic mass is 16.1. The van der Waals surface area contributed by atoms with Crippen molar-refractivity contribution in [2.75, 3.05) is 6.54 Å². The van der Waals surface area contributed by atoms with E-state index in [4.69, 9.17) is 0 Å². The van der Waals surface area contributed by atoms with Crippen LogP contribution in [0.2, 0.25) is 0 Å². The molecule has 1 N–H and O–H groups in total. The summed E-state index contributed by atoms with van der Waals surface area (Å²) in [5, 5.41) is 3.37. The van der Waals surface area contributed by atoms with Crippen LogP contribution in [0.3, 0.4) is 0 Å². The maximum absolute atomic E-state index is 12.4. The number of carbonyl (C=O) groups is 1. The van der Waals surface area contributed by atoms with Crippen LogP contribution in [0.5, 0.6) is 0 Å². The van der Waals surface area contributed by atoms with Crippen molar-refractivity contribution in [1.29, 1.82) is 0 Å². The topological polar surface area (TPSA) is 46.9 Å². The highest BCUT2D eigenvalue weighted by Gasteiger charge is 2.21. The van der Waals surface area contributed by atoms with Gasteiger partial charge in [-0.05, 0) is 31.5 Å². The number of para-hydroxylation sites is 2. The van der Waals surface area contributed by atoms with Crippen molar-refractivity contribution in [3.63, 3.8) is 0 Å². The SMILES string of the molecule is Cn1c(CC(=O)C2CCCCCN2)nc2ccccc21. The molecule has 2 aromatic rings. The largest absolute Gasteiger partial charge is 0.331 e. The van der Waals surface area contributed by atoms with Crippen molar-refractivity contribution in [3.8, 4) is 0 Å². The van der Waals surface area contributed by atoms with Gasteiger partial charge in [0.25, 0.3) is 0 Å². The first kappa shape index (κ1) is 13.3. The number of benzene rings is 1. The smallest absolute Gasteiger partial charge is 0.157 e. The minimum atomic E-state index is 0.0114. The standard InChI is InChI=1S/C16H21N3O/c1-19-14-9-5-4-7-12(14)18-16(19)11-15(20)13-8-3-2-6-10-17-13/h4-5,7,9,13,17H,2-3,6,8,10-11H2,1H3. The maximum Gasteiger partial charge on any atom is 0.157 e. The molecule has 1 unspecified atom stereocenters. The van der Waals surface area contributed by atoms with Gasteiger partial charge < -0.3 is 9.88 Å². The molecule has 1 saturated heterocycles. The fourth-order valence-corrected chi connectivity index (χ4v) is 2.94. The highest BCUT2D eigenvalue weighted by molar-refractivity contribution is 5.86. The zero-order valence-corrected chi connectivity index (χ0v) is 11.9. The van der Waals surface area contributed by atoms with Crippen molar-refractivity contribution in [3.05, 3.63) is 30.1 Å². The van der Waals surface area contributed by atoms with Gasteiger partial charge in [-0.15, -0.1) is 0 Å². The van der Waals surface area contributed by atoms with Gasteiger partial charge in [0.1, 0.15) is 5.82 Å². The van der Waals surface area contributed by atoms with Crippen LogP contribution in [0, 0.1) is 0 Å². The summed E-state index contributed by atoms with van der Waals surface area (Å²) >= 11 is 0. The summed E-state index contributed by atoms with van der Waals surface area (Å²) in [7, 11) is 1.98. The van der Waals surface area contributed by atoms with Gasteiger partial charge in [0.05, 0.1) is 23.5 Å². The van der Waals surface area contributed by atoms with E-state index in [0.29, 0.717) is 6.42 Å². The van der Waals surface area contributed by atoms with E-state index in [1.807, 2.05) is 35.9 Å². The lowest BCUT2D eigenvalue weighted by Gasteiger charge is -2.14. The third-order valence-electron chi connectivity index (χ3n) is 4.16. The summed E-state index contributed by atoms with van der Waals surface area (Å²) in [5.74, 6) is 1.13. The van der Waals surface area contributed by atoms with Crippen LogP contribution >= 0.6 is 0 Å². The molecule has 4 nitrogen and oxygen atoms in total. The number of aryl methyl sites for hydroxylation is 1. The van der Waals surface area contributed by atoms with E-state index in [-0.39, 0.29) is 11.8 Å². The zero-order chi connectivity index (χ0) is 13.9. The van der Waals surface area contributed by atoms with Gasteiger partial charge in [0, 0.05) is 7.05 Å². The van der Waals surface area contributed by atoms with E-state index in [1.54, 1.807) is 0 Å². The number of fused-ring (bicyclic) bond motifs is 1. The molecular formula is C16H21N3O. The summed E-state index contributed by atoms with van der Waals surface area (Å²) in [6, 6.07) is 8.03. The van der Waals surface area contributed by atoms with Gasteiger partial charge in [-0.1, -0.05) is 25.0 Å². The van der Waals surface area contributed by atoms with E-state index in [2.05, 4.69) is 10.3 Å². The summed E-state index contributed by atoms with van der Waals surface area (Å²) in [5.41, 5.74) is 2.05. The molecule has 20 heavy (non-hydrogen) atoms. The van der Waals surface area contributed by atoms with Crippen LogP contribution in [0.25, 0.3) is 11.0 Å². The number of rotatable bonds is 3. The van der Waals surface area contributed by atoms with Crippen LogP contribution in [-0.4, -0.2) is 27.9 Å². The number of hydrogen-bond donors (Lipinski definition) is 1. The van der Waals surface area contributed by atoms with Crippen LogP contribution in [0.15, 0.2) is 24.3 Å². The fourth-order valence-electron chi connectivity index (χ4n) is 2.94. The molecule has 1 atom stereocenters. The van der Waals surface area contributed by atoms with Crippen LogP contribution in [0.4, 0.5) is 0 Å². The molecule has 1 aliphatic heterocycles. The van der Waals surface area contributed by atoms with Gasteiger partial charge in [-0.3, -0.25) is 4.79 Å². The number of aromatic nitrogens is 2. The highest BCUT2D eigenvalue weighted by Crippen LogP contribution is 2.16. The van der Waals surface area contributed by atoms with Gasteiger partial charge >= 0.3 is 0 Å². The van der Waals surface area contributed by atoms with Gasteiger partial charge in [0.2, 0.25) is 0 Å². The summed E-state index contributed by atoms with van der Waals surface area (Å²) in [6.07, 6.45) is 4.93. The number of nitrogens with one attached hydrogen (secondary N) is 1. The Morgan fingerprint density at radius 1 is 1.35 bits per heavy atom. The predicted molar refractivity (Wildman–Crippen MR) is 79.7 cm³/mol. The number of nitrogens with zero attached hydrogens (tertiary/aromatic N) is 2. The average Bonchev–Trinajstić information content (AvgIpc) is 2.67. The minimum Gasteiger partial charge on any atom is -0.331 e. The first-order valence-corrected chi connectivity index (χ1v) is 7.42. The van der Waals surface area contributed by atoms with Crippen LogP contribution in [0.1, 0.15) is 31.5 Å². The summed E-state index contributed by atoms with van der Waals surface area (Å²) in [4.78, 5) is 17.0. The van der Waals surface area contributed by atoms with Crippen molar-refractivity contribution in [2.24, 2.45) is 7.05 Å². The van der Waals surface area contributed by atoms with Gasteiger partial charge in [-0.2, -0.15) is 0 Å². The monoisotopic (exact) mass is 271 g/mol. The Bertz CT molecular complexity index is 609. The molecule has 4 heteroatoms. The first-order valence-electron chi connectivity index (χ1n) is 7.42. The van der Waals surface area contributed by atoms with Crippen molar-refractivity contribution < 1.29 is 4.79 Å². The zero-order valence-electron chi connectivity index (χ0n) is 11.9. The number of Topliss-reactive ketones (excluding diaryl/α,β-unsaturated/α-hetero) is 1. The molecule has 1 aliphatic rings. The van der Waals surface area contributed by atoms with E-state index >= 15 is 0 Å². The molecule has 1 fully saturated rings. The second kappa shape index (κ2) is 5.75. The van der Waals surface area contributed by atoms with Gasteiger partial charge in [0.15, 0.2) is 5.78 Å².